The molecule has 2 nitrogen and oxygen atoms in total. The van der Waals surface area contributed by atoms with Crippen LogP contribution in [0.15, 0.2) is 12.1 Å². The van der Waals surface area contributed by atoms with E-state index in [1.165, 1.54) is 11.1 Å². The highest BCUT2D eigenvalue weighted by atomic mass is 35.5. The molecule has 0 spiro atoms. The maximum atomic E-state index is 6.02. The van der Waals surface area contributed by atoms with Gasteiger partial charge in [-0.25, -0.2) is 0 Å². The topological polar surface area (TPSA) is 35.2 Å². The Bertz CT molecular complexity index is 323. The molecule has 0 aliphatic rings. The van der Waals surface area contributed by atoms with Crippen LogP contribution in [0.4, 0.5) is 0 Å². The van der Waals surface area contributed by atoms with E-state index in [2.05, 4.69) is 0 Å². The average Bonchev–Trinajstić information content (AvgIpc) is 2.10. The van der Waals surface area contributed by atoms with Crippen LogP contribution < -0.4 is 10.5 Å². The number of hydrogen-bond acceptors (Lipinski definition) is 2. The minimum atomic E-state index is 0.151. The summed E-state index contributed by atoms with van der Waals surface area (Å²) < 4.78 is 5.12. The molecule has 1 aromatic carbocycles. The summed E-state index contributed by atoms with van der Waals surface area (Å²) in [6, 6.07) is 4.03. The van der Waals surface area contributed by atoms with Crippen LogP contribution in [0.25, 0.3) is 0 Å². The number of halogens is 1. The molecule has 0 aliphatic carbocycles. The zero-order valence-electron chi connectivity index (χ0n) is 8.80. The summed E-state index contributed by atoms with van der Waals surface area (Å²) in [6.07, 6.45) is 0.843. The zero-order valence-corrected chi connectivity index (χ0v) is 9.56. The minimum Gasteiger partial charge on any atom is -0.495 e. The van der Waals surface area contributed by atoms with Crippen molar-refractivity contribution >= 4 is 11.6 Å². The van der Waals surface area contributed by atoms with Gasteiger partial charge in [-0.2, -0.15) is 0 Å². The third-order valence-corrected chi connectivity index (χ3v) is 2.45. The fraction of sp³-hybridized carbons (Fsp3) is 0.455. The van der Waals surface area contributed by atoms with Crippen LogP contribution in [-0.2, 0) is 6.42 Å². The lowest BCUT2D eigenvalue weighted by atomic mass is 10.0. The fourth-order valence-corrected chi connectivity index (χ4v) is 1.68. The van der Waals surface area contributed by atoms with E-state index >= 15 is 0 Å². The Morgan fingerprint density at radius 2 is 2.14 bits per heavy atom. The van der Waals surface area contributed by atoms with Crippen LogP contribution in [0.5, 0.6) is 5.75 Å². The predicted octanol–water partition coefficient (Wildman–Crippen LogP) is 2.55. The van der Waals surface area contributed by atoms with Crippen LogP contribution in [0.1, 0.15) is 18.1 Å². The number of nitrogens with two attached hydrogens (primary N) is 1. The van der Waals surface area contributed by atoms with Gasteiger partial charge in [-0.1, -0.05) is 11.6 Å². The largest absolute Gasteiger partial charge is 0.495 e. The van der Waals surface area contributed by atoms with E-state index in [0.29, 0.717) is 5.02 Å². The van der Waals surface area contributed by atoms with Crippen LogP contribution in [0.2, 0.25) is 5.02 Å². The van der Waals surface area contributed by atoms with E-state index in [1.54, 1.807) is 7.11 Å². The molecule has 78 valence electrons. The van der Waals surface area contributed by atoms with Gasteiger partial charge in [0, 0.05) is 6.04 Å². The Kier molecular flexibility index (Phi) is 3.78. The Hall–Kier alpha value is -0.730. The van der Waals surface area contributed by atoms with Crippen molar-refractivity contribution in [3.8, 4) is 5.75 Å². The number of ether oxygens (including phenoxy) is 1. The number of aryl methyl sites for hydroxylation is 1. The van der Waals surface area contributed by atoms with E-state index in [9.17, 15) is 0 Å². The molecule has 0 aromatic heterocycles. The predicted molar refractivity (Wildman–Crippen MR) is 60.1 cm³/mol. The lowest BCUT2D eigenvalue weighted by Crippen LogP contribution is -2.18. The standard InChI is InChI=1S/C11H16ClNO/c1-7-4-11(14-3)10(12)6-9(7)5-8(2)13/h4,6,8H,5,13H2,1-3H3. The van der Waals surface area contributed by atoms with E-state index in [4.69, 9.17) is 22.1 Å². The van der Waals surface area contributed by atoms with Gasteiger partial charge in [-0.3, -0.25) is 0 Å². The van der Waals surface area contributed by atoms with Gasteiger partial charge in [0.25, 0.3) is 0 Å². The Labute approximate surface area is 90.0 Å². The molecule has 3 heteroatoms. The van der Waals surface area contributed by atoms with Gasteiger partial charge in [-0.15, -0.1) is 0 Å². The number of hydrogen-bond donors (Lipinski definition) is 1. The van der Waals surface area contributed by atoms with E-state index < -0.39 is 0 Å². The van der Waals surface area contributed by atoms with Crippen molar-refractivity contribution in [2.24, 2.45) is 5.73 Å². The molecule has 0 bridgehead atoms. The molecule has 2 N–H and O–H groups in total. The summed E-state index contributed by atoms with van der Waals surface area (Å²) in [4.78, 5) is 0. The summed E-state index contributed by atoms with van der Waals surface area (Å²) in [5, 5.41) is 0.647. The molecule has 1 rings (SSSR count). The molecule has 0 aliphatic heterocycles. The second-order valence-electron chi connectivity index (χ2n) is 3.59. The maximum absolute atomic E-state index is 6.02. The Morgan fingerprint density at radius 3 is 2.64 bits per heavy atom. The summed E-state index contributed by atoms with van der Waals surface area (Å²) in [5.41, 5.74) is 8.10. The SMILES string of the molecule is COc1cc(C)c(CC(C)N)cc1Cl. The van der Waals surface area contributed by atoms with Gasteiger partial charge < -0.3 is 10.5 Å². The van der Waals surface area contributed by atoms with Crippen molar-refractivity contribution in [1.29, 1.82) is 0 Å². The number of methoxy groups -OCH3 is 1. The number of benzene rings is 1. The van der Waals surface area contributed by atoms with Crippen LogP contribution in [0.3, 0.4) is 0 Å². The first-order valence-corrected chi connectivity index (χ1v) is 5.01. The van der Waals surface area contributed by atoms with Gasteiger partial charge in [0.15, 0.2) is 0 Å². The quantitative estimate of drug-likeness (QED) is 0.838. The zero-order chi connectivity index (χ0) is 10.7. The van der Waals surface area contributed by atoms with Crippen molar-refractivity contribution in [3.05, 3.63) is 28.3 Å². The lowest BCUT2D eigenvalue weighted by molar-refractivity contribution is 0.414. The first-order valence-electron chi connectivity index (χ1n) is 4.63. The van der Waals surface area contributed by atoms with Gasteiger partial charge >= 0.3 is 0 Å². The molecule has 0 heterocycles. The first-order chi connectivity index (χ1) is 6.54. The molecular formula is C11H16ClNO. The summed E-state index contributed by atoms with van der Waals surface area (Å²) in [7, 11) is 1.62. The van der Waals surface area contributed by atoms with Gasteiger partial charge in [-0.05, 0) is 43.5 Å². The highest BCUT2D eigenvalue weighted by molar-refractivity contribution is 6.32. The van der Waals surface area contributed by atoms with Crippen LogP contribution in [0, 0.1) is 6.92 Å². The fourth-order valence-electron chi connectivity index (χ4n) is 1.42. The second kappa shape index (κ2) is 4.67. The maximum Gasteiger partial charge on any atom is 0.137 e. The monoisotopic (exact) mass is 213 g/mol. The third-order valence-electron chi connectivity index (χ3n) is 2.15. The molecule has 1 unspecified atom stereocenters. The molecule has 1 aromatic rings. The van der Waals surface area contributed by atoms with Crippen molar-refractivity contribution in [2.75, 3.05) is 7.11 Å². The smallest absolute Gasteiger partial charge is 0.137 e. The molecule has 0 saturated carbocycles. The van der Waals surface area contributed by atoms with E-state index in [1.807, 2.05) is 26.0 Å². The summed E-state index contributed by atoms with van der Waals surface area (Å²) >= 11 is 6.02. The van der Waals surface area contributed by atoms with Gasteiger partial charge in [0.1, 0.15) is 5.75 Å². The van der Waals surface area contributed by atoms with Crippen molar-refractivity contribution in [2.45, 2.75) is 26.3 Å². The molecule has 0 fully saturated rings. The van der Waals surface area contributed by atoms with Crippen molar-refractivity contribution < 1.29 is 4.74 Å². The molecule has 1 atom stereocenters. The van der Waals surface area contributed by atoms with Gasteiger partial charge in [0.2, 0.25) is 0 Å². The number of rotatable bonds is 3. The highest BCUT2D eigenvalue weighted by Gasteiger charge is 2.07. The molecule has 14 heavy (non-hydrogen) atoms. The Morgan fingerprint density at radius 1 is 1.50 bits per heavy atom. The van der Waals surface area contributed by atoms with Crippen molar-refractivity contribution in [1.82, 2.24) is 0 Å². The van der Waals surface area contributed by atoms with E-state index in [0.717, 1.165) is 12.2 Å². The summed E-state index contributed by atoms with van der Waals surface area (Å²) in [5.74, 6) is 0.720. The average molecular weight is 214 g/mol. The van der Waals surface area contributed by atoms with Gasteiger partial charge in [0.05, 0.1) is 12.1 Å². The minimum absolute atomic E-state index is 0.151. The van der Waals surface area contributed by atoms with Crippen molar-refractivity contribution in [3.63, 3.8) is 0 Å². The lowest BCUT2D eigenvalue weighted by Gasteiger charge is -2.11. The molecular weight excluding hydrogens is 198 g/mol. The van der Waals surface area contributed by atoms with Crippen LogP contribution in [-0.4, -0.2) is 13.2 Å². The first kappa shape index (κ1) is 11.3. The third kappa shape index (κ3) is 2.63. The normalized spacial score (nSPS) is 12.6. The molecule has 0 amide bonds. The van der Waals surface area contributed by atoms with E-state index in [-0.39, 0.29) is 6.04 Å². The molecule has 0 radical (unpaired) electrons. The molecule has 0 saturated heterocycles. The Balaban J connectivity index is 3.02. The summed E-state index contributed by atoms with van der Waals surface area (Å²) in [6.45, 7) is 4.02. The second-order valence-corrected chi connectivity index (χ2v) is 4.00. The van der Waals surface area contributed by atoms with Crippen LogP contribution >= 0.6 is 11.6 Å². The highest BCUT2D eigenvalue weighted by Crippen LogP contribution is 2.28.